The Morgan fingerprint density at radius 2 is 1.62 bits per heavy atom. The van der Waals surface area contributed by atoms with Crippen LogP contribution in [0, 0.1) is 0 Å². The number of aromatic nitrogens is 3. The summed E-state index contributed by atoms with van der Waals surface area (Å²) < 4.78 is 0. The van der Waals surface area contributed by atoms with E-state index in [1.165, 1.54) is 5.56 Å². The maximum atomic E-state index is 4.55. The largest absolute Gasteiger partial charge is 0.150 e. The van der Waals surface area contributed by atoms with E-state index < -0.39 is 0 Å². The van der Waals surface area contributed by atoms with Crippen molar-refractivity contribution in [3.05, 3.63) is 60.2 Å². The lowest BCUT2D eigenvalue weighted by Gasteiger charge is -2.20. The molecule has 0 aliphatic carbocycles. The Balaban J connectivity index is 2.19. The van der Waals surface area contributed by atoms with Crippen LogP contribution < -0.4 is 0 Å². The fourth-order valence-corrected chi connectivity index (χ4v) is 2.28. The predicted octanol–water partition coefficient (Wildman–Crippen LogP) is 4.36. The quantitative estimate of drug-likeness (QED) is 0.696. The van der Waals surface area contributed by atoms with Gasteiger partial charge >= 0.3 is 0 Å². The molecule has 0 saturated carbocycles. The van der Waals surface area contributed by atoms with Crippen molar-refractivity contribution in [1.82, 2.24) is 15.0 Å². The van der Waals surface area contributed by atoms with E-state index in [1.807, 2.05) is 30.3 Å². The number of fused-ring (bicyclic) bond motifs is 1. The zero-order valence-corrected chi connectivity index (χ0v) is 12.7. The third kappa shape index (κ3) is 2.59. The molecule has 0 atom stereocenters. The molecule has 0 fully saturated rings. The maximum Gasteiger partial charge on any atom is 0.113 e. The minimum absolute atomic E-state index is 0.0698. The molecule has 3 heteroatoms. The molecule has 3 nitrogen and oxygen atoms in total. The Morgan fingerprint density at radius 3 is 2.14 bits per heavy atom. The summed E-state index contributed by atoms with van der Waals surface area (Å²) in [6.07, 6.45) is 1.86. The molecule has 0 bridgehead atoms. The van der Waals surface area contributed by atoms with Gasteiger partial charge in [0.1, 0.15) is 11.0 Å². The zero-order valence-electron chi connectivity index (χ0n) is 12.7. The van der Waals surface area contributed by atoms with Gasteiger partial charge in [0.05, 0.1) is 5.69 Å². The first kappa shape index (κ1) is 13.6. The highest BCUT2D eigenvalue weighted by atomic mass is 15.5. The van der Waals surface area contributed by atoms with Gasteiger partial charge in [0.25, 0.3) is 0 Å². The lowest BCUT2D eigenvalue weighted by Crippen LogP contribution is -2.12. The van der Waals surface area contributed by atoms with Crippen LogP contribution >= 0.6 is 0 Å². The second kappa shape index (κ2) is 4.85. The molecule has 1 aromatic heterocycles. The molecular formula is C18H19N3. The lowest BCUT2D eigenvalue weighted by atomic mass is 9.86. The Morgan fingerprint density at radius 1 is 1.00 bits per heavy atom. The molecule has 0 amide bonds. The van der Waals surface area contributed by atoms with Crippen molar-refractivity contribution in [2.24, 2.45) is 0 Å². The van der Waals surface area contributed by atoms with Crippen molar-refractivity contribution in [3.63, 3.8) is 0 Å². The van der Waals surface area contributed by atoms with Crippen LogP contribution in [0.2, 0.25) is 0 Å². The number of hydrogen-bond donors (Lipinski definition) is 0. The van der Waals surface area contributed by atoms with Crippen LogP contribution in [0.5, 0.6) is 0 Å². The lowest BCUT2D eigenvalue weighted by molar-refractivity contribution is 0.588. The van der Waals surface area contributed by atoms with Crippen LogP contribution in [0.3, 0.4) is 0 Å². The van der Waals surface area contributed by atoms with E-state index in [4.69, 9.17) is 0 Å². The van der Waals surface area contributed by atoms with E-state index in [0.717, 1.165) is 22.3 Å². The van der Waals surface area contributed by atoms with Gasteiger partial charge in [0.2, 0.25) is 0 Å². The highest BCUT2D eigenvalue weighted by Gasteiger charge is 2.16. The summed E-state index contributed by atoms with van der Waals surface area (Å²) in [4.78, 5) is 1.70. The molecular weight excluding hydrogens is 258 g/mol. The second-order valence-corrected chi connectivity index (χ2v) is 6.25. The van der Waals surface area contributed by atoms with Crippen molar-refractivity contribution < 1.29 is 0 Å². The molecule has 0 radical (unpaired) electrons. The van der Waals surface area contributed by atoms with Crippen LogP contribution in [0.4, 0.5) is 0 Å². The first-order chi connectivity index (χ1) is 9.97. The van der Waals surface area contributed by atoms with Gasteiger partial charge in [-0.15, -0.1) is 10.2 Å². The van der Waals surface area contributed by atoms with Gasteiger partial charge < -0.3 is 0 Å². The fraction of sp³-hybridized carbons (Fsp3) is 0.222. The summed E-state index contributed by atoms with van der Waals surface area (Å²) in [6, 6.07) is 14.3. The highest BCUT2D eigenvalue weighted by molar-refractivity contribution is 5.73. The third-order valence-corrected chi connectivity index (χ3v) is 3.56. The van der Waals surface area contributed by atoms with E-state index in [2.05, 4.69) is 55.7 Å². The number of benzene rings is 2. The van der Waals surface area contributed by atoms with E-state index >= 15 is 0 Å². The topological polar surface area (TPSA) is 30.7 Å². The first-order valence-electron chi connectivity index (χ1n) is 7.08. The molecule has 1 heterocycles. The molecule has 0 aliphatic heterocycles. The minimum Gasteiger partial charge on any atom is -0.150 e. The predicted molar refractivity (Wildman–Crippen MR) is 87.7 cm³/mol. The van der Waals surface area contributed by atoms with Gasteiger partial charge in [0.15, 0.2) is 0 Å². The van der Waals surface area contributed by atoms with Gasteiger partial charge in [-0.25, -0.2) is 0 Å². The van der Waals surface area contributed by atoms with E-state index in [1.54, 1.807) is 4.80 Å². The Bertz CT molecular complexity index is 774. The van der Waals surface area contributed by atoms with Gasteiger partial charge in [-0.1, -0.05) is 51.6 Å². The summed E-state index contributed by atoms with van der Waals surface area (Å²) >= 11 is 0. The minimum atomic E-state index is 0.0698. The van der Waals surface area contributed by atoms with E-state index in [0.29, 0.717) is 0 Å². The van der Waals surface area contributed by atoms with Crippen LogP contribution in [-0.2, 0) is 5.41 Å². The van der Waals surface area contributed by atoms with Crippen molar-refractivity contribution in [3.8, 4) is 5.69 Å². The molecule has 0 N–H and O–H groups in total. The molecule has 0 unspecified atom stereocenters. The van der Waals surface area contributed by atoms with Crippen LogP contribution in [0.1, 0.15) is 31.9 Å². The first-order valence-corrected chi connectivity index (χ1v) is 7.08. The standard InChI is InChI=1S/C18H19N3/c1-5-13-10-14(18(2,3)4)12-15(11-13)21-19-16-8-6-7-9-17(16)20-21/h5-12H,1H2,2-4H3. The monoisotopic (exact) mass is 277 g/mol. The van der Waals surface area contributed by atoms with E-state index in [9.17, 15) is 0 Å². The average Bonchev–Trinajstić information content (AvgIpc) is 2.89. The Labute approximate surface area is 124 Å². The van der Waals surface area contributed by atoms with Crippen molar-refractivity contribution in [2.45, 2.75) is 26.2 Å². The number of hydrogen-bond acceptors (Lipinski definition) is 2. The van der Waals surface area contributed by atoms with Crippen LogP contribution in [0.15, 0.2) is 49.0 Å². The third-order valence-electron chi connectivity index (χ3n) is 3.56. The summed E-state index contributed by atoms with van der Waals surface area (Å²) in [5, 5.41) is 9.11. The summed E-state index contributed by atoms with van der Waals surface area (Å²) in [7, 11) is 0. The number of nitrogens with zero attached hydrogens (tertiary/aromatic N) is 3. The van der Waals surface area contributed by atoms with E-state index in [-0.39, 0.29) is 5.41 Å². The SMILES string of the molecule is C=Cc1cc(-n2nc3ccccc3n2)cc(C(C)(C)C)c1. The maximum absolute atomic E-state index is 4.55. The summed E-state index contributed by atoms with van der Waals surface area (Å²) in [5.41, 5.74) is 5.17. The van der Waals surface area contributed by atoms with Gasteiger partial charge in [0, 0.05) is 0 Å². The van der Waals surface area contributed by atoms with Gasteiger partial charge in [-0.05, 0) is 40.8 Å². The second-order valence-electron chi connectivity index (χ2n) is 6.25. The van der Waals surface area contributed by atoms with Crippen LogP contribution in [0.25, 0.3) is 22.8 Å². The summed E-state index contributed by atoms with van der Waals surface area (Å²) in [5.74, 6) is 0. The van der Waals surface area contributed by atoms with Crippen molar-refractivity contribution in [1.29, 1.82) is 0 Å². The fourth-order valence-electron chi connectivity index (χ4n) is 2.28. The van der Waals surface area contributed by atoms with Gasteiger partial charge in [-0.3, -0.25) is 0 Å². The summed E-state index contributed by atoms with van der Waals surface area (Å²) in [6.45, 7) is 10.5. The highest BCUT2D eigenvalue weighted by Crippen LogP contribution is 2.26. The molecule has 21 heavy (non-hydrogen) atoms. The Kier molecular flexibility index (Phi) is 3.13. The molecule has 0 aliphatic rings. The molecule has 3 rings (SSSR count). The number of rotatable bonds is 2. The average molecular weight is 277 g/mol. The van der Waals surface area contributed by atoms with Gasteiger partial charge in [-0.2, -0.15) is 4.80 Å². The van der Waals surface area contributed by atoms with Crippen LogP contribution in [-0.4, -0.2) is 15.0 Å². The molecule has 3 aromatic rings. The van der Waals surface area contributed by atoms with Crippen molar-refractivity contribution >= 4 is 17.1 Å². The smallest absolute Gasteiger partial charge is 0.113 e. The normalized spacial score (nSPS) is 11.8. The molecule has 106 valence electrons. The zero-order chi connectivity index (χ0) is 15.0. The van der Waals surface area contributed by atoms with Crippen molar-refractivity contribution in [2.75, 3.05) is 0 Å². The molecule has 0 saturated heterocycles. The Hall–Kier alpha value is -2.42. The molecule has 0 spiro atoms. The molecule has 2 aromatic carbocycles.